The third-order valence-electron chi connectivity index (χ3n) is 1.93. The Hall–Kier alpha value is -1.02. The van der Waals surface area contributed by atoms with Crippen LogP contribution in [-0.2, 0) is 6.42 Å². The van der Waals surface area contributed by atoms with E-state index in [9.17, 15) is 0 Å². The van der Waals surface area contributed by atoms with Crippen LogP contribution in [0.25, 0.3) is 0 Å². The zero-order valence-electron chi connectivity index (χ0n) is 7.06. The molecule has 0 aromatic carbocycles. The highest BCUT2D eigenvalue weighted by Gasteiger charge is 2.22. The molecule has 0 aliphatic carbocycles. The molecular weight excluding hydrogens is 186 g/mol. The topological polar surface area (TPSA) is 62.7 Å². The van der Waals surface area contributed by atoms with Crippen molar-refractivity contribution >= 4 is 11.8 Å². The summed E-state index contributed by atoms with van der Waals surface area (Å²) in [5.74, 6) is 2.37. The van der Waals surface area contributed by atoms with Crippen molar-refractivity contribution in [3.63, 3.8) is 0 Å². The first-order valence-electron chi connectivity index (χ1n) is 4.21. The van der Waals surface area contributed by atoms with Gasteiger partial charge in [-0.15, -0.1) is 0 Å². The van der Waals surface area contributed by atoms with E-state index in [2.05, 4.69) is 10.1 Å². The molecule has 68 valence electrons. The zero-order chi connectivity index (χ0) is 9.10. The van der Waals surface area contributed by atoms with E-state index in [4.69, 9.17) is 9.78 Å². The maximum absolute atomic E-state index is 8.41. The lowest BCUT2D eigenvalue weighted by Gasteiger charge is -1.98. The van der Waals surface area contributed by atoms with Gasteiger partial charge in [0, 0.05) is 0 Å². The Balaban J connectivity index is 2.08. The first-order valence-corrected chi connectivity index (χ1v) is 5.26. The maximum atomic E-state index is 8.41. The van der Waals surface area contributed by atoms with Gasteiger partial charge in [-0.3, -0.25) is 0 Å². The molecule has 5 heteroatoms. The van der Waals surface area contributed by atoms with Crippen LogP contribution >= 0.6 is 11.8 Å². The number of rotatable bonds is 2. The standard InChI is InChI=1S/C8H9N3OS/c9-4-3-7-10-8(11-12-7)6-2-1-5-13-6/h6H,1-3,5H2. The molecular formula is C8H9N3OS. The molecule has 4 nitrogen and oxygen atoms in total. The van der Waals surface area contributed by atoms with Crippen molar-refractivity contribution < 1.29 is 4.52 Å². The molecule has 1 aliphatic rings. The van der Waals surface area contributed by atoms with E-state index in [1.165, 1.54) is 12.2 Å². The van der Waals surface area contributed by atoms with Crippen molar-refractivity contribution in [2.24, 2.45) is 0 Å². The van der Waals surface area contributed by atoms with E-state index in [0.717, 1.165) is 12.2 Å². The lowest BCUT2D eigenvalue weighted by atomic mass is 10.2. The van der Waals surface area contributed by atoms with Crippen LogP contribution in [0.5, 0.6) is 0 Å². The van der Waals surface area contributed by atoms with Crippen LogP contribution in [0.2, 0.25) is 0 Å². The van der Waals surface area contributed by atoms with Crippen molar-refractivity contribution in [1.82, 2.24) is 10.1 Å². The van der Waals surface area contributed by atoms with Gasteiger partial charge in [-0.1, -0.05) is 5.16 Å². The molecule has 2 rings (SSSR count). The van der Waals surface area contributed by atoms with Crippen molar-refractivity contribution in [3.05, 3.63) is 11.7 Å². The van der Waals surface area contributed by atoms with E-state index >= 15 is 0 Å². The molecule has 0 amide bonds. The minimum absolute atomic E-state index is 0.213. The van der Waals surface area contributed by atoms with E-state index in [1.54, 1.807) is 0 Å². The molecule has 0 spiro atoms. The highest BCUT2D eigenvalue weighted by atomic mass is 32.2. The fourth-order valence-electron chi connectivity index (χ4n) is 1.32. The summed E-state index contributed by atoms with van der Waals surface area (Å²) in [4.78, 5) is 4.16. The Morgan fingerprint density at radius 1 is 1.69 bits per heavy atom. The normalized spacial score (nSPS) is 21.6. The van der Waals surface area contributed by atoms with Gasteiger partial charge in [0.05, 0.1) is 11.3 Å². The van der Waals surface area contributed by atoms with Crippen LogP contribution < -0.4 is 0 Å². The molecule has 0 radical (unpaired) electrons. The summed E-state index contributed by atoms with van der Waals surface area (Å²) in [6.07, 6.45) is 2.55. The minimum atomic E-state index is 0.213. The number of aromatic nitrogens is 2. The molecule has 1 aromatic heterocycles. The lowest BCUT2D eigenvalue weighted by molar-refractivity contribution is 0.380. The fourth-order valence-corrected chi connectivity index (χ4v) is 2.52. The van der Waals surface area contributed by atoms with E-state index in [1.807, 2.05) is 17.8 Å². The van der Waals surface area contributed by atoms with Crippen LogP contribution in [0, 0.1) is 11.3 Å². The number of thioether (sulfide) groups is 1. The second kappa shape index (κ2) is 3.79. The van der Waals surface area contributed by atoms with Gasteiger partial charge in [-0.25, -0.2) is 0 Å². The summed E-state index contributed by atoms with van der Waals surface area (Å²) in [6, 6.07) is 1.98. The van der Waals surface area contributed by atoms with Gasteiger partial charge in [0.2, 0.25) is 5.89 Å². The second-order valence-electron chi connectivity index (χ2n) is 2.88. The van der Waals surface area contributed by atoms with Crippen LogP contribution in [0.4, 0.5) is 0 Å². The molecule has 13 heavy (non-hydrogen) atoms. The minimum Gasteiger partial charge on any atom is -0.338 e. The number of nitriles is 1. The summed E-state index contributed by atoms with van der Waals surface area (Å²) in [5, 5.41) is 12.7. The van der Waals surface area contributed by atoms with Crippen LogP contribution in [0.3, 0.4) is 0 Å². The summed E-state index contributed by atoms with van der Waals surface area (Å²) < 4.78 is 4.92. The van der Waals surface area contributed by atoms with Gasteiger partial charge < -0.3 is 4.52 Å². The van der Waals surface area contributed by atoms with Gasteiger partial charge in [-0.2, -0.15) is 22.0 Å². The van der Waals surface area contributed by atoms with Crippen molar-refractivity contribution in [2.75, 3.05) is 5.75 Å². The molecule has 0 saturated carbocycles. The smallest absolute Gasteiger partial charge is 0.240 e. The van der Waals surface area contributed by atoms with E-state index in [-0.39, 0.29) is 6.42 Å². The highest BCUT2D eigenvalue weighted by molar-refractivity contribution is 7.99. The fraction of sp³-hybridized carbons (Fsp3) is 0.625. The predicted molar refractivity (Wildman–Crippen MR) is 48.0 cm³/mol. The SMILES string of the molecule is N#CCc1nc(C2CCCS2)no1. The summed E-state index contributed by atoms with van der Waals surface area (Å²) in [5.41, 5.74) is 0. The van der Waals surface area contributed by atoms with Crippen molar-refractivity contribution in [1.29, 1.82) is 5.26 Å². The van der Waals surface area contributed by atoms with Crippen LogP contribution in [0.1, 0.15) is 29.8 Å². The van der Waals surface area contributed by atoms with Gasteiger partial charge in [0.1, 0.15) is 6.42 Å². The van der Waals surface area contributed by atoms with Crippen LogP contribution in [0.15, 0.2) is 4.52 Å². The quantitative estimate of drug-likeness (QED) is 0.718. The first kappa shape index (κ1) is 8.57. The molecule has 0 N–H and O–H groups in total. The Bertz CT molecular complexity index is 324. The average Bonchev–Trinajstić information content (AvgIpc) is 2.70. The largest absolute Gasteiger partial charge is 0.338 e. The van der Waals surface area contributed by atoms with Gasteiger partial charge in [0.25, 0.3) is 0 Å². The molecule has 2 heterocycles. The third kappa shape index (κ3) is 1.83. The molecule has 0 bridgehead atoms. The number of hydrogen-bond donors (Lipinski definition) is 0. The monoisotopic (exact) mass is 195 g/mol. The van der Waals surface area contributed by atoms with Gasteiger partial charge in [0.15, 0.2) is 5.82 Å². The molecule has 1 unspecified atom stereocenters. The predicted octanol–water partition coefficient (Wildman–Crippen LogP) is 1.70. The Labute approximate surface area is 80.3 Å². The summed E-state index contributed by atoms with van der Waals surface area (Å²) in [6.45, 7) is 0. The van der Waals surface area contributed by atoms with E-state index in [0.29, 0.717) is 11.1 Å². The van der Waals surface area contributed by atoms with Gasteiger partial charge >= 0.3 is 0 Å². The number of hydrogen-bond acceptors (Lipinski definition) is 5. The Morgan fingerprint density at radius 3 is 3.31 bits per heavy atom. The second-order valence-corrected chi connectivity index (χ2v) is 4.19. The Kier molecular flexibility index (Phi) is 2.50. The first-order chi connectivity index (χ1) is 6.40. The molecule has 1 aliphatic heterocycles. The van der Waals surface area contributed by atoms with Crippen LogP contribution in [-0.4, -0.2) is 15.9 Å². The zero-order valence-corrected chi connectivity index (χ0v) is 7.88. The molecule has 1 atom stereocenters. The van der Waals surface area contributed by atoms with E-state index < -0.39 is 0 Å². The molecule has 1 fully saturated rings. The molecule has 1 saturated heterocycles. The lowest BCUT2D eigenvalue weighted by Crippen LogP contribution is -1.91. The maximum Gasteiger partial charge on any atom is 0.240 e. The average molecular weight is 195 g/mol. The Morgan fingerprint density at radius 2 is 2.62 bits per heavy atom. The van der Waals surface area contributed by atoms with Gasteiger partial charge in [-0.05, 0) is 18.6 Å². The summed E-state index contributed by atoms with van der Waals surface area (Å²) in [7, 11) is 0. The van der Waals surface area contributed by atoms with Crippen molar-refractivity contribution in [2.45, 2.75) is 24.5 Å². The third-order valence-corrected chi connectivity index (χ3v) is 3.31. The summed E-state index contributed by atoms with van der Waals surface area (Å²) >= 11 is 1.86. The highest BCUT2D eigenvalue weighted by Crippen LogP contribution is 2.38. The number of nitrogens with zero attached hydrogens (tertiary/aromatic N) is 3. The van der Waals surface area contributed by atoms with Crippen molar-refractivity contribution in [3.8, 4) is 6.07 Å². The molecule has 1 aromatic rings.